The van der Waals surface area contributed by atoms with Crippen molar-refractivity contribution in [3.05, 3.63) is 11.1 Å². The van der Waals surface area contributed by atoms with Crippen molar-refractivity contribution in [2.75, 3.05) is 18.8 Å². The third-order valence-corrected chi connectivity index (χ3v) is 3.65. The molecule has 0 amide bonds. The van der Waals surface area contributed by atoms with E-state index in [-0.39, 0.29) is 5.92 Å². The van der Waals surface area contributed by atoms with Crippen LogP contribution in [0.1, 0.15) is 17.7 Å². The van der Waals surface area contributed by atoms with Crippen LogP contribution in [0.2, 0.25) is 0 Å². The Morgan fingerprint density at radius 2 is 2.29 bits per heavy atom. The number of anilines is 1. The minimum atomic E-state index is -4.05. The predicted molar refractivity (Wildman–Crippen MR) is 60.6 cm³/mol. The molecule has 1 aliphatic heterocycles. The average Bonchev–Trinajstić information content (AvgIpc) is 2.74. The van der Waals surface area contributed by atoms with Gasteiger partial charge in [-0.2, -0.15) is 13.2 Å². The average molecular weight is 265 g/mol. The molecule has 0 aromatic carbocycles. The zero-order valence-electron chi connectivity index (χ0n) is 9.20. The molecule has 3 nitrogen and oxygen atoms in total. The van der Waals surface area contributed by atoms with E-state index < -0.39 is 12.6 Å². The molecule has 17 heavy (non-hydrogen) atoms. The van der Waals surface area contributed by atoms with E-state index in [2.05, 4.69) is 4.98 Å². The summed E-state index contributed by atoms with van der Waals surface area (Å²) in [5.74, 6) is -0.264. The van der Waals surface area contributed by atoms with Gasteiger partial charge in [0.2, 0.25) is 0 Å². The number of nitrogens with two attached hydrogens (primary N) is 1. The quantitative estimate of drug-likeness (QED) is 0.913. The van der Waals surface area contributed by atoms with E-state index in [0.29, 0.717) is 24.6 Å². The van der Waals surface area contributed by atoms with Crippen LogP contribution >= 0.6 is 11.3 Å². The van der Waals surface area contributed by atoms with Gasteiger partial charge in [-0.05, 0) is 18.9 Å². The number of hydrogen-bond donors (Lipinski definition) is 1. The smallest absolute Gasteiger partial charge is 0.375 e. The van der Waals surface area contributed by atoms with E-state index in [9.17, 15) is 13.2 Å². The van der Waals surface area contributed by atoms with Gasteiger partial charge in [0.1, 0.15) is 0 Å². The second kappa shape index (κ2) is 4.81. The first-order valence-corrected chi connectivity index (χ1v) is 6.23. The molecule has 2 heterocycles. The van der Waals surface area contributed by atoms with E-state index in [1.165, 1.54) is 11.3 Å². The van der Waals surface area contributed by atoms with Crippen LogP contribution < -0.4 is 5.73 Å². The van der Waals surface area contributed by atoms with Gasteiger partial charge in [-0.3, -0.25) is 4.90 Å². The molecule has 1 aromatic rings. The highest BCUT2D eigenvalue weighted by Gasteiger charge is 2.35. The highest BCUT2D eigenvalue weighted by Crippen LogP contribution is 2.31. The molecular weight excluding hydrogens is 251 g/mol. The van der Waals surface area contributed by atoms with Gasteiger partial charge < -0.3 is 5.73 Å². The van der Waals surface area contributed by atoms with Gasteiger partial charge in [0, 0.05) is 30.6 Å². The molecule has 0 spiro atoms. The first-order valence-electron chi connectivity index (χ1n) is 5.41. The van der Waals surface area contributed by atoms with Crippen LogP contribution in [0.3, 0.4) is 0 Å². The van der Waals surface area contributed by atoms with Crippen molar-refractivity contribution in [2.45, 2.75) is 25.6 Å². The van der Waals surface area contributed by atoms with Crippen LogP contribution in [0.5, 0.6) is 0 Å². The molecule has 1 saturated heterocycles. The molecule has 1 aliphatic rings. The first kappa shape index (κ1) is 12.6. The summed E-state index contributed by atoms with van der Waals surface area (Å²) in [5.41, 5.74) is 5.50. The number of hydrogen-bond acceptors (Lipinski definition) is 4. The van der Waals surface area contributed by atoms with Gasteiger partial charge in [-0.25, -0.2) is 4.98 Å². The van der Waals surface area contributed by atoms with Crippen LogP contribution in [-0.4, -0.2) is 29.1 Å². The molecule has 2 rings (SSSR count). The number of thiazole rings is 1. The molecule has 2 N–H and O–H groups in total. The SMILES string of the molecule is Nc1ncc(CN2CCC(CC(F)(F)F)C2)s1. The maximum atomic E-state index is 12.2. The predicted octanol–water partition coefficient (Wildman–Crippen LogP) is 2.50. The number of nitrogens with zero attached hydrogens (tertiary/aromatic N) is 2. The van der Waals surface area contributed by atoms with Gasteiger partial charge >= 0.3 is 6.18 Å². The Morgan fingerprint density at radius 3 is 2.88 bits per heavy atom. The molecule has 96 valence electrons. The van der Waals surface area contributed by atoms with Crippen molar-refractivity contribution in [3.63, 3.8) is 0 Å². The Hall–Kier alpha value is -0.820. The highest BCUT2D eigenvalue weighted by atomic mass is 32.1. The summed E-state index contributed by atoms with van der Waals surface area (Å²) in [4.78, 5) is 6.97. The molecule has 1 fully saturated rings. The third-order valence-electron chi connectivity index (χ3n) is 2.84. The van der Waals surface area contributed by atoms with E-state index in [0.717, 1.165) is 11.4 Å². The lowest BCUT2D eigenvalue weighted by atomic mass is 10.1. The molecule has 1 aromatic heterocycles. The number of nitrogen functional groups attached to an aromatic ring is 1. The summed E-state index contributed by atoms with van der Waals surface area (Å²) in [5, 5.41) is 0.506. The van der Waals surface area contributed by atoms with Crippen molar-refractivity contribution in [2.24, 2.45) is 5.92 Å². The van der Waals surface area contributed by atoms with Crippen molar-refractivity contribution in [1.29, 1.82) is 0 Å². The first-order chi connectivity index (χ1) is 7.92. The van der Waals surface area contributed by atoms with E-state index in [4.69, 9.17) is 5.73 Å². The number of rotatable bonds is 3. The van der Waals surface area contributed by atoms with Crippen LogP contribution in [0.25, 0.3) is 0 Å². The standard InChI is InChI=1S/C10H14F3N3S/c11-10(12,13)3-7-1-2-16(5-7)6-8-4-15-9(14)17-8/h4,7H,1-3,5-6H2,(H2,14,15). The Bertz CT molecular complexity index is 377. The van der Waals surface area contributed by atoms with Gasteiger partial charge in [0.15, 0.2) is 5.13 Å². The molecule has 1 unspecified atom stereocenters. The fraction of sp³-hybridized carbons (Fsp3) is 0.700. The Kier molecular flexibility index (Phi) is 3.58. The molecule has 7 heteroatoms. The summed E-state index contributed by atoms with van der Waals surface area (Å²) < 4.78 is 36.7. The van der Waals surface area contributed by atoms with Crippen molar-refractivity contribution in [1.82, 2.24) is 9.88 Å². The number of aromatic nitrogens is 1. The summed E-state index contributed by atoms with van der Waals surface area (Å²) >= 11 is 1.39. The monoisotopic (exact) mass is 265 g/mol. The summed E-state index contributed by atoms with van der Waals surface area (Å²) in [6, 6.07) is 0. The molecule has 0 saturated carbocycles. The molecule has 0 radical (unpaired) electrons. The highest BCUT2D eigenvalue weighted by molar-refractivity contribution is 7.15. The van der Waals surface area contributed by atoms with E-state index in [1.54, 1.807) is 6.20 Å². The lowest BCUT2D eigenvalue weighted by Crippen LogP contribution is -2.21. The van der Waals surface area contributed by atoms with Gasteiger partial charge in [0.05, 0.1) is 0 Å². The van der Waals surface area contributed by atoms with Crippen LogP contribution in [0, 0.1) is 5.92 Å². The summed E-state index contributed by atoms with van der Waals surface area (Å²) in [7, 11) is 0. The van der Waals surface area contributed by atoms with Gasteiger partial charge in [-0.15, -0.1) is 11.3 Å². The zero-order chi connectivity index (χ0) is 12.5. The Balaban J connectivity index is 1.82. The van der Waals surface area contributed by atoms with Gasteiger partial charge in [-0.1, -0.05) is 0 Å². The molecule has 0 bridgehead atoms. The zero-order valence-corrected chi connectivity index (χ0v) is 10.0. The van der Waals surface area contributed by atoms with Crippen LogP contribution in [0.15, 0.2) is 6.20 Å². The van der Waals surface area contributed by atoms with Crippen molar-refractivity contribution < 1.29 is 13.2 Å². The normalized spacial score (nSPS) is 22.2. The minimum absolute atomic E-state index is 0.264. The number of likely N-dealkylation sites (tertiary alicyclic amines) is 1. The topological polar surface area (TPSA) is 42.1 Å². The molecular formula is C10H14F3N3S. The van der Waals surface area contributed by atoms with Crippen molar-refractivity contribution in [3.8, 4) is 0 Å². The van der Waals surface area contributed by atoms with Crippen LogP contribution in [0.4, 0.5) is 18.3 Å². The maximum absolute atomic E-state index is 12.2. The lowest BCUT2D eigenvalue weighted by molar-refractivity contribution is -0.143. The maximum Gasteiger partial charge on any atom is 0.389 e. The molecule has 0 aliphatic carbocycles. The second-order valence-corrected chi connectivity index (χ2v) is 5.52. The minimum Gasteiger partial charge on any atom is -0.375 e. The van der Waals surface area contributed by atoms with E-state index in [1.807, 2.05) is 4.90 Å². The molecule has 1 atom stereocenters. The van der Waals surface area contributed by atoms with E-state index >= 15 is 0 Å². The Morgan fingerprint density at radius 1 is 1.53 bits per heavy atom. The Labute approximate surface area is 101 Å². The number of alkyl halides is 3. The lowest BCUT2D eigenvalue weighted by Gasteiger charge is -2.15. The fourth-order valence-electron chi connectivity index (χ4n) is 2.17. The van der Waals surface area contributed by atoms with Crippen LogP contribution in [-0.2, 0) is 6.54 Å². The van der Waals surface area contributed by atoms with Gasteiger partial charge in [0.25, 0.3) is 0 Å². The summed E-state index contributed by atoms with van der Waals surface area (Å²) in [6.45, 7) is 1.89. The number of halogens is 3. The third kappa shape index (κ3) is 3.85. The van der Waals surface area contributed by atoms with Crippen molar-refractivity contribution >= 4 is 16.5 Å². The summed E-state index contributed by atoms with van der Waals surface area (Å²) in [6.07, 6.45) is -2.41. The fourth-order valence-corrected chi connectivity index (χ4v) is 2.89. The second-order valence-electron chi connectivity index (χ2n) is 4.37. The largest absolute Gasteiger partial charge is 0.389 e.